The Labute approximate surface area is 204 Å². The van der Waals surface area contributed by atoms with Gasteiger partial charge in [0.25, 0.3) is 0 Å². The van der Waals surface area contributed by atoms with Crippen LogP contribution in [0, 0.1) is 6.92 Å². The first-order valence-electron chi connectivity index (χ1n) is 11.6. The average Bonchev–Trinajstić information content (AvgIpc) is 3.42. The number of rotatable bonds is 5. The van der Waals surface area contributed by atoms with Gasteiger partial charge < -0.3 is 25.0 Å². The summed E-state index contributed by atoms with van der Waals surface area (Å²) in [5.74, 6) is 2.72. The van der Waals surface area contributed by atoms with E-state index in [0.29, 0.717) is 17.6 Å². The van der Waals surface area contributed by atoms with Gasteiger partial charge >= 0.3 is 0 Å². The smallest absolute Gasteiger partial charge is 0.230 e. The summed E-state index contributed by atoms with van der Waals surface area (Å²) in [5, 5.41) is 14.0. The van der Waals surface area contributed by atoms with Gasteiger partial charge in [-0.1, -0.05) is 25.9 Å². The summed E-state index contributed by atoms with van der Waals surface area (Å²) in [6.07, 6.45) is 0. The van der Waals surface area contributed by atoms with Crippen molar-refractivity contribution in [2.75, 3.05) is 48.8 Å². The van der Waals surface area contributed by atoms with E-state index in [9.17, 15) is 0 Å². The second-order valence-corrected chi connectivity index (χ2v) is 10.8. The predicted octanol–water partition coefficient (Wildman–Crippen LogP) is 5.52. The van der Waals surface area contributed by atoms with E-state index in [4.69, 9.17) is 14.5 Å². The van der Waals surface area contributed by atoms with Crippen molar-refractivity contribution in [2.45, 2.75) is 33.1 Å². The van der Waals surface area contributed by atoms with E-state index in [0.717, 1.165) is 53.4 Å². The van der Waals surface area contributed by atoms with Crippen LogP contribution in [0.2, 0.25) is 0 Å². The summed E-state index contributed by atoms with van der Waals surface area (Å²) in [5.41, 5.74) is 3.21. The first-order valence-corrected chi connectivity index (χ1v) is 12.4. The van der Waals surface area contributed by atoms with Crippen molar-refractivity contribution in [1.82, 2.24) is 20.0 Å². The normalized spacial score (nSPS) is 15.1. The van der Waals surface area contributed by atoms with Crippen LogP contribution in [0.1, 0.15) is 32.1 Å². The molecular weight excluding hydrogens is 446 g/mol. The van der Waals surface area contributed by atoms with Gasteiger partial charge in [-0.05, 0) is 49.2 Å². The third kappa shape index (κ3) is 4.71. The SMILES string of the molecule is Cc1csc2nc(Nc3ccc(N4CCN(C)CC4)cc3)nc(Nc3cc(C(C)(C)C)on3)c12. The average molecular weight is 478 g/mol. The van der Waals surface area contributed by atoms with E-state index in [-0.39, 0.29) is 5.41 Å². The summed E-state index contributed by atoms with van der Waals surface area (Å²) in [4.78, 5) is 15.3. The molecule has 4 heterocycles. The second kappa shape index (κ2) is 8.88. The summed E-state index contributed by atoms with van der Waals surface area (Å²) in [6, 6.07) is 10.4. The van der Waals surface area contributed by atoms with Crippen LogP contribution >= 0.6 is 11.3 Å². The molecule has 0 saturated carbocycles. The fraction of sp³-hybridized carbons (Fsp3) is 0.400. The Kier molecular flexibility index (Phi) is 5.91. The molecule has 0 bridgehead atoms. The topological polar surface area (TPSA) is 82.4 Å². The fourth-order valence-corrected chi connectivity index (χ4v) is 4.91. The summed E-state index contributed by atoms with van der Waals surface area (Å²) in [6.45, 7) is 12.6. The molecule has 8 nitrogen and oxygen atoms in total. The molecule has 9 heteroatoms. The lowest BCUT2D eigenvalue weighted by Crippen LogP contribution is -2.44. The number of nitrogens with one attached hydrogen (secondary N) is 2. The molecule has 1 aliphatic heterocycles. The van der Waals surface area contributed by atoms with E-state index in [1.165, 1.54) is 5.69 Å². The number of nitrogens with zero attached hydrogens (tertiary/aromatic N) is 5. The van der Waals surface area contributed by atoms with Crippen LogP contribution in [0.4, 0.5) is 29.0 Å². The van der Waals surface area contributed by atoms with Crippen LogP contribution in [0.5, 0.6) is 0 Å². The van der Waals surface area contributed by atoms with Crippen molar-refractivity contribution in [3.63, 3.8) is 0 Å². The number of anilines is 5. The Morgan fingerprint density at radius 1 is 1.00 bits per heavy atom. The maximum absolute atomic E-state index is 5.54. The van der Waals surface area contributed by atoms with Gasteiger partial charge in [0, 0.05) is 49.0 Å². The highest BCUT2D eigenvalue weighted by Crippen LogP contribution is 2.34. The minimum atomic E-state index is -0.116. The molecular formula is C25H31N7OS. The molecule has 0 amide bonds. The van der Waals surface area contributed by atoms with E-state index in [2.05, 4.69) is 90.0 Å². The van der Waals surface area contributed by atoms with Gasteiger partial charge in [-0.25, -0.2) is 4.98 Å². The van der Waals surface area contributed by atoms with Gasteiger partial charge in [0.05, 0.1) is 5.39 Å². The number of likely N-dealkylation sites (N-methyl/N-ethyl adjacent to an activating group) is 1. The maximum Gasteiger partial charge on any atom is 0.230 e. The minimum Gasteiger partial charge on any atom is -0.369 e. The molecule has 2 N–H and O–H groups in total. The zero-order chi connectivity index (χ0) is 23.9. The monoisotopic (exact) mass is 477 g/mol. The highest BCUT2D eigenvalue weighted by atomic mass is 32.1. The molecule has 1 saturated heterocycles. The number of aryl methyl sites for hydroxylation is 1. The summed E-state index contributed by atoms with van der Waals surface area (Å²) >= 11 is 1.61. The van der Waals surface area contributed by atoms with E-state index >= 15 is 0 Å². The molecule has 0 aliphatic carbocycles. The number of fused-ring (bicyclic) bond motifs is 1. The Morgan fingerprint density at radius 3 is 2.41 bits per heavy atom. The number of benzene rings is 1. The zero-order valence-corrected chi connectivity index (χ0v) is 21.2. The van der Waals surface area contributed by atoms with Crippen molar-refractivity contribution < 1.29 is 4.52 Å². The first-order chi connectivity index (χ1) is 16.3. The van der Waals surface area contributed by atoms with Gasteiger partial charge in [0.15, 0.2) is 5.82 Å². The number of hydrogen-bond acceptors (Lipinski definition) is 9. The standard InChI is InChI=1S/C25H31N7OS/c1-16-15-34-23-21(16)22(27-20-14-19(33-30-20)25(2,3)4)28-24(29-23)26-17-6-8-18(9-7-17)32-12-10-31(5)11-13-32/h6-9,14-15H,10-13H2,1-5H3,(H2,26,27,28,29,30). The van der Waals surface area contributed by atoms with Crippen LogP contribution in [0.15, 0.2) is 40.2 Å². The third-order valence-electron chi connectivity index (χ3n) is 6.11. The molecule has 1 aliphatic rings. The lowest BCUT2D eigenvalue weighted by Gasteiger charge is -2.34. The largest absolute Gasteiger partial charge is 0.369 e. The Balaban J connectivity index is 1.38. The molecule has 34 heavy (non-hydrogen) atoms. The molecule has 3 aromatic heterocycles. The van der Waals surface area contributed by atoms with Gasteiger partial charge in [-0.2, -0.15) is 4.98 Å². The number of aromatic nitrogens is 3. The van der Waals surface area contributed by atoms with Gasteiger partial charge in [-0.15, -0.1) is 11.3 Å². The van der Waals surface area contributed by atoms with Crippen molar-refractivity contribution in [2.24, 2.45) is 0 Å². The lowest BCUT2D eigenvalue weighted by molar-refractivity contribution is 0.313. The van der Waals surface area contributed by atoms with Crippen molar-refractivity contribution in [3.8, 4) is 0 Å². The zero-order valence-electron chi connectivity index (χ0n) is 20.3. The summed E-state index contributed by atoms with van der Waals surface area (Å²) in [7, 11) is 2.17. The molecule has 0 radical (unpaired) electrons. The quantitative estimate of drug-likeness (QED) is 0.389. The molecule has 178 valence electrons. The molecule has 0 atom stereocenters. The second-order valence-electron chi connectivity index (χ2n) is 9.91. The third-order valence-corrected chi connectivity index (χ3v) is 7.10. The number of thiophene rings is 1. The van der Waals surface area contributed by atoms with E-state index in [1.54, 1.807) is 11.3 Å². The first kappa shape index (κ1) is 22.6. The van der Waals surface area contributed by atoms with Gasteiger partial charge in [0.1, 0.15) is 16.4 Å². The van der Waals surface area contributed by atoms with Crippen molar-refractivity contribution in [1.29, 1.82) is 0 Å². The molecule has 1 aromatic carbocycles. The molecule has 0 unspecified atom stereocenters. The molecule has 1 fully saturated rings. The number of hydrogen-bond donors (Lipinski definition) is 2. The van der Waals surface area contributed by atoms with Crippen molar-refractivity contribution >= 4 is 50.5 Å². The fourth-order valence-electron chi connectivity index (χ4n) is 3.99. The highest BCUT2D eigenvalue weighted by molar-refractivity contribution is 7.17. The van der Waals surface area contributed by atoms with Crippen molar-refractivity contribution in [3.05, 3.63) is 47.0 Å². The Hall–Kier alpha value is -3.17. The molecule has 4 aromatic rings. The Bertz CT molecular complexity index is 1280. The van der Waals surface area contributed by atoms with Crippen LogP contribution in [0.25, 0.3) is 10.2 Å². The van der Waals surface area contributed by atoms with E-state index < -0.39 is 0 Å². The van der Waals surface area contributed by atoms with Crippen LogP contribution in [-0.2, 0) is 5.41 Å². The number of piperazine rings is 1. The molecule has 0 spiro atoms. The minimum absolute atomic E-state index is 0.116. The molecule has 5 rings (SSSR count). The van der Waals surface area contributed by atoms with Crippen LogP contribution in [-0.4, -0.2) is 53.3 Å². The lowest BCUT2D eigenvalue weighted by atomic mass is 9.93. The van der Waals surface area contributed by atoms with Gasteiger partial charge in [-0.3, -0.25) is 0 Å². The Morgan fingerprint density at radius 2 is 1.74 bits per heavy atom. The van der Waals surface area contributed by atoms with Gasteiger partial charge in [0.2, 0.25) is 5.95 Å². The summed E-state index contributed by atoms with van der Waals surface area (Å²) < 4.78 is 5.54. The van der Waals surface area contributed by atoms with Crippen LogP contribution in [0.3, 0.4) is 0 Å². The predicted molar refractivity (Wildman–Crippen MR) is 140 cm³/mol. The van der Waals surface area contributed by atoms with E-state index in [1.807, 2.05) is 6.07 Å². The van der Waals surface area contributed by atoms with Crippen LogP contribution < -0.4 is 15.5 Å². The maximum atomic E-state index is 5.54. The highest BCUT2D eigenvalue weighted by Gasteiger charge is 2.21.